The molecule has 1 heterocycles. The Kier molecular flexibility index (Phi) is 4.69. The first-order valence-electron chi connectivity index (χ1n) is 5.32. The minimum atomic E-state index is -0.399. The fourth-order valence-corrected chi connectivity index (χ4v) is 1.47. The van der Waals surface area contributed by atoms with Gasteiger partial charge in [-0.2, -0.15) is 5.10 Å². The van der Waals surface area contributed by atoms with Crippen LogP contribution in [0.3, 0.4) is 0 Å². The Balaban J connectivity index is 2.74. The number of nitrogens with zero attached hydrogens (tertiary/aromatic N) is 2. The number of esters is 1. The molecule has 0 aliphatic carbocycles. The van der Waals surface area contributed by atoms with Crippen LogP contribution in [-0.2, 0) is 23.0 Å². The minimum absolute atomic E-state index is 0.336. The molecule has 0 aliphatic heterocycles. The average Bonchev–Trinajstić information content (AvgIpc) is 2.61. The maximum atomic E-state index is 11.5. The summed E-state index contributed by atoms with van der Waals surface area (Å²) < 4.78 is 6.49. The maximum Gasteiger partial charge on any atom is 0.359 e. The molecule has 0 unspecified atom stereocenters. The van der Waals surface area contributed by atoms with E-state index in [1.54, 1.807) is 24.9 Å². The van der Waals surface area contributed by atoms with E-state index in [1.165, 1.54) is 0 Å². The molecule has 0 aromatic carbocycles. The summed E-state index contributed by atoms with van der Waals surface area (Å²) in [6.45, 7) is 2.09. The smallest absolute Gasteiger partial charge is 0.359 e. The van der Waals surface area contributed by atoms with Gasteiger partial charge in [0.25, 0.3) is 0 Å². The number of carbonyl (C=O) groups excluding carboxylic acids is 2. The number of hydrogen-bond acceptors (Lipinski definition) is 4. The monoisotopic (exact) mass is 224 g/mol. The Hall–Kier alpha value is -1.65. The first kappa shape index (κ1) is 12.4. The van der Waals surface area contributed by atoms with E-state index in [-0.39, 0.29) is 0 Å². The average molecular weight is 224 g/mol. The lowest BCUT2D eigenvalue weighted by Crippen LogP contribution is -2.08. The molecule has 0 amide bonds. The summed E-state index contributed by atoms with van der Waals surface area (Å²) in [5.41, 5.74) is 1.19. The molecule has 16 heavy (non-hydrogen) atoms. The quantitative estimate of drug-likeness (QED) is 0.412. The van der Waals surface area contributed by atoms with E-state index >= 15 is 0 Å². The molecular weight excluding hydrogens is 208 g/mol. The van der Waals surface area contributed by atoms with Gasteiger partial charge < -0.3 is 9.53 Å². The lowest BCUT2D eigenvalue weighted by Gasteiger charge is -2.00. The van der Waals surface area contributed by atoms with Crippen LogP contribution in [0.2, 0.25) is 0 Å². The highest BCUT2D eigenvalue weighted by Crippen LogP contribution is 2.11. The molecule has 88 valence electrons. The van der Waals surface area contributed by atoms with Gasteiger partial charge in [-0.3, -0.25) is 4.68 Å². The molecule has 1 aromatic rings. The van der Waals surface area contributed by atoms with E-state index in [1.807, 2.05) is 0 Å². The van der Waals surface area contributed by atoms with Crippen LogP contribution in [0.5, 0.6) is 0 Å². The van der Waals surface area contributed by atoms with Gasteiger partial charge in [-0.05, 0) is 19.8 Å². The fraction of sp³-hybridized carbons (Fsp3) is 0.545. The van der Waals surface area contributed by atoms with Crippen LogP contribution >= 0.6 is 0 Å². The molecule has 5 nitrogen and oxygen atoms in total. The number of ether oxygens (including phenoxy) is 1. The summed E-state index contributed by atoms with van der Waals surface area (Å²) in [6, 6.07) is 0. The summed E-state index contributed by atoms with van der Waals surface area (Å²) in [6.07, 6.45) is 4.55. The molecule has 0 saturated heterocycles. The molecule has 0 aliphatic rings. The third-order valence-electron chi connectivity index (χ3n) is 2.14. The zero-order chi connectivity index (χ0) is 12.0. The van der Waals surface area contributed by atoms with Crippen LogP contribution in [0.25, 0.3) is 0 Å². The fourth-order valence-electron chi connectivity index (χ4n) is 1.47. The van der Waals surface area contributed by atoms with Gasteiger partial charge in [-0.15, -0.1) is 0 Å². The first-order chi connectivity index (χ1) is 7.69. The van der Waals surface area contributed by atoms with Gasteiger partial charge in [0.15, 0.2) is 5.69 Å². The highest BCUT2D eigenvalue weighted by molar-refractivity contribution is 5.88. The number of aldehydes is 1. The van der Waals surface area contributed by atoms with Crippen LogP contribution in [0.15, 0.2) is 6.20 Å². The Labute approximate surface area is 94.4 Å². The van der Waals surface area contributed by atoms with Gasteiger partial charge >= 0.3 is 5.97 Å². The predicted octanol–water partition coefficient (Wildman–Crippen LogP) is 1.12. The Morgan fingerprint density at radius 2 is 2.38 bits per heavy atom. The third kappa shape index (κ3) is 3.18. The van der Waals surface area contributed by atoms with E-state index in [2.05, 4.69) is 5.10 Å². The molecule has 0 N–H and O–H groups in total. The third-order valence-corrected chi connectivity index (χ3v) is 2.14. The molecule has 0 bridgehead atoms. The second-order valence-corrected chi connectivity index (χ2v) is 3.46. The van der Waals surface area contributed by atoms with Crippen LogP contribution in [0.4, 0.5) is 0 Å². The maximum absolute atomic E-state index is 11.5. The number of carbonyl (C=O) groups is 2. The molecule has 1 aromatic heterocycles. The van der Waals surface area contributed by atoms with Crippen LogP contribution < -0.4 is 0 Å². The second kappa shape index (κ2) is 6.05. The van der Waals surface area contributed by atoms with Crippen molar-refractivity contribution in [3.8, 4) is 0 Å². The van der Waals surface area contributed by atoms with Gasteiger partial charge in [0.2, 0.25) is 0 Å². The van der Waals surface area contributed by atoms with Gasteiger partial charge in [0.1, 0.15) is 6.29 Å². The van der Waals surface area contributed by atoms with Gasteiger partial charge in [-0.1, -0.05) is 0 Å². The summed E-state index contributed by atoms with van der Waals surface area (Å²) in [5, 5.41) is 4.06. The van der Waals surface area contributed by atoms with Crippen molar-refractivity contribution < 1.29 is 14.3 Å². The summed E-state index contributed by atoms with van der Waals surface area (Å²) in [5.74, 6) is -0.399. The first-order valence-corrected chi connectivity index (χ1v) is 5.32. The molecule has 1 rings (SSSR count). The van der Waals surface area contributed by atoms with Crippen molar-refractivity contribution in [2.75, 3.05) is 6.61 Å². The van der Waals surface area contributed by atoms with E-state index in [0.29, 0.717) is 25.1 Å². The van der Waals surface area contributed by atoms with Gasteiger partial charge in [0, 0.05) is 25.2 Å². The Morgan fingerprint density at radius 1 is 1.62 bits per heavy atom. The van der Waals surface area contributed by atoms with Crippen molar-refractivity contribution in [2.45, 2.75) is 26.2 Å². The summed E-state index contributed by atoms with van der Waals surface area (Å²) in [4.78, 5) is 21.8. The van der Waals surface area contributed by atoms with Gasteiger partial charge in [0.05, 0.1) is 6.61 Å². The van der Waals surface area contributed by atoms with Crippen molar-refractivity contribution in [3.05, 3.63) is 17.5 Å². The summed E-state index contributed by atoms with van der Waals surface area (Å²) >= 11 is 0. The number of aryl methyl sites for hydroxylation is 2. The zero-order valence-corrected chi connectivity index (χ0v) is 9.60. The molecule has 5 heteroatoms. The van der Waals surface area contributed by atoms with Crippen molar-refractivity contribution in [2.24, 2.45) is 7.05 Å². The van der Waals surface area contributed by atoms with Crippen molar-refractivity contribution in [1.82, 2.24) is 9.78 Å². The highest BCUT2D eigenvalue weighted by atomic mass is 16.5. The topological polar surface area (TPSA) is 61.2 Å². The summed E-state index contributed by atoms with van der Waals surface area (Å²) in [7, 11) is 1.76. The van der Waals surface area contributed by atoms with Crippen molar-refractivity contribution >= 4 is 12.3 Å². The van der Waals surface area contributed by atoms with Gasteiger partial charge in [-0.25, -0.2) is 4.79 Å². The number of hydrogen-bond donors (Lipinski definition) is 0. The predicted molar refractivity (Wildman–Crippen MR) is 58.2 cm³/mol. The molecule has 0 atom stereocenters. The Morgan fingerprint density at radius 3 is 3.00 bits per heavy atom. The van der Waals surface area contributed by atoms with Crippen molar-refractivity contribution in [1.29, 1.82) is 0 Å². The lowest BCUT2D eigenvalue weighted by molar-refractivity contribution is -0.107. The highest BCUT2D eigenvalue weighted by Gasteiger charge is 2.16. The number of rotatable bonds is 6. The van der Waals surface area contributed by atoms with E-state index in [0.717, 1.165) is 18.3 Å². The van der Waals surface area contributed by atoms with E-state index in [9.17, 15) is 9.59 Å². The number of aromatic nitrogens is 2. The van der Waals surface area contributed by atoms with Crippen LogP contribution in [0.1, 0.15) is 35.8 Å². The molecule has 0 fully saturated rings. The van der Waals surface area contributed by atoms with E-state index < -0.39 is 5.97 Å². The molecule has 0 radical (unpaired) electrons. The number of unbranched alkanes of at least 4 members (excludes halogenated alkanes) is 1. The second-order valence-electron chi connectivity index (χ2n) is 3.46. The SMILES string of the molecule is CCOC(=O)c1nn(C)cc1CCCC=O. The largest absolute Gasteiger partial charge is 0.461 e. The van der Waals surface area contributed by atoms with Crippen LogP contribution in [-0.4, -0.2) is 28.6 Å². The normalized spacial score (nSPS) is 10.1. The standard InChI is InChI=1S/C11H16N2O3/c1-3-16-11(15)10-9(6-4-5-7-14)8-13(2)12-10/h7-8H,3-6H2,1-2H3. The minimum Gasteiger partial charge on any atom is -0.461 e. The van der Waals surface area contributed by atoms with Crippen LogP contribution in [0, 0.1) is 0 Å². The van der Waals surface area contributed by atoms with E-state index in [4.69, 9.17) is 4.74 Å². The molecular formula is C11H16N2O3. The Bertz CT molecular complexity index is 371. The van der Waals surface area contributed by atoms with Crippen molar-refractivity contribution in [3.63, 3.8) is 0 Å². The molecule has 0 spiro atoms. The zero-order valence-electron chi connectivity index (χ0n) is 9.60. The molecule has 0 saturated carbocycles. The lowest BCUT2D eigenvalue weighted by atomic mass is 10.1.